The molecule has 0 amide bonds. The molecule has 1 atom stereocenters. The van der Waals surface area contributed by atoms with Crippen LogP contribution in [0, 0.1) is 0 Å². The molecule has 0 bridgehead atoms. The van der Waals surface area contributed by atoms with Gasteiger partial charge in [0.2, 0.25) is 10.0 Å². The van der Waals surface area contributed by atoms with Crippen molar-refractivity contribution >= 4 is 22.4 Å². The van der Waals surface area contributed by atoms with Crippen LogP contribution in [0.15, 0.2) is 0 Å². The van der Waals surface area contributed by atoms with Crippen molar-refractivity contribution in [1.29, 1.82) is 0 Å². The van der Waals surface area contributed by atoms with Crippen molar-refractivity contribution in [1.82, 2.24) is 10.0 Å². The predicted molar refractivity (Wildman–Crippen MR) is 60.4 cm³/mol. The van der Waals surface area contributed by atoms with Crippen LogP contribution in [0.1, 0.15) is 26.2 Å². The molecule has 4 nitrogen and oxygen atoms in total. The molecule has 1 fully saturated rings. The highest BCUT2D eigenvalue weighted by atomic mass is 35.5. The zero-order valence-electron chi connectivity index (χ0n) is 8.45. The van der Waals surface area contributed by atoms with Crippen molar-refractivity contribution in [2.24, 2.45) is 0 Å². The van der Waals surface area contributed by atoms with E-state index in [9.17, 15) is 8.42 Å². The third-order valence-corrected chi connectivity index (χ3v) is 3.69. The lowest BCUT2D eigenvalue weighted by molar-refractivity contribution is 0.557. The van der Waals surface area contributed by atoms with Gasteiger partial charge in [-0.25, -0.2) is 13.1 Å². The summed E-state index contributed by atoms with van der Waals surface area (Å²) in [5.41, 5.74) is 0. The Balaban J connectivity index is 0.00000169. The van der Waals surface area contributed by atoms with Gasteiger partial charge in [-0.2, -0.15) is 0 Å². The molecule has 1 saturated heterocycles. The van der Waals surface area contributed by atoms with Crippen LogP contribution in [-0.4, -0.2) is 33.3 Å². The van der Waals surface area contributed by atoms with Gasteiger partial charge in [0.15, 0.2) is 0 Å². The molecule has 2 N–H and O–H groups in total. The van der Waals surface area contributed by atoms with Gasteiger partial charge in [-0.15, -0.1) is 12.4 Å². The molecule has 1 heterocycles. The quantitative estimate of drug-likeness (QED) is 0.738. The van der Waals surface area contributed by atoms with Gasteiger partial charge in [0.1, 0.15) is 0 Å². The molecule has 0 aromatic rings. The molecule has 0 aliphatic carbocycles. The third-order valence-electron chi connectivity index (χ3n) is 2.17. The number of halogens is 1. The fourth-order valence-electron chi connectivity index (χ4n) is 1.40. The molecule has 14 heavy (non-hydrogen) atoms. The first-order chi connectivity index (χ1) is 6.14. The number of rotatable bonds is 5. The van der Waals surface area contributed by atoms with Crippen LogP contribution in [-0.2, 0) is 10.0 Å². The summed E-state index contributed by atoms with van der Waals surface area (Å²) >= 11 is 0. The fraction of sp³-hybridized carbons (Fsp3) is 1.00. The van der Waals surface area contributed by atoms with Crippen LogP contribution in [0.25, 0.3) is 0 Å². The van der Waals surface area contributed by atoms with Crippen molar-refractivity contribution in [2.75, 3.05) is 18.8 Å². The van der Waals surface area contributed by atoms with E-state index in [0.717, 1.165) is 32.4 Å². The van der Waals surface area contributed by atoms with Gasteiger partial charge in [0, 0.05) is 12.6 Å². The minimum atomic E-state index is -3.02. The zero-order chi connectivity index (χ0) is 9.73. The van der Waals surface area contributed by atoms with E-state index in [1.54, 1.807) is 0 Å². The summed E-state index contributed by atoms with van der Waals surface area (Å²) in [5.74, 6) is 0.264. The van der Waals surface area contributed by atoms with Gasteiger partial charge in [0.25, 0.3) is 0 Å². The van der Waals surface area contributed by atoms with Crippen molar-refractivity contribution < 1.29 is 8.42 Å². The predicted octanol–water partition coefficient (Wildman–Crippen LogP) is 0.490. The second-order valence-corrected chi connectivity index (χ2v) is 5.35. The average molecular weight is 243 g/mol. The average Bonchev–Trinajstić information content (AvgIpc) is 2.52. The van der Waals surface area contributed by atoms with Crippen molar-refractivity contribution in [2.45, 2.75) is 32.2 Å². The van der Waals surface area contributed by atoms with E-state index < -0.39 is 10.0 Å². The lowest BCUT2D eigenvalue weighted by Crippen LogP contribution is -2.37. The topological polar surface area (TPSA) is 58.2 Å². The zero-order valence-corrected chi connectivity index (χ0v) is 10.1. The molecule has 0 aromatic carbocycles. The fourth-order valence-corrected chi connectivity index (χ4v) is 2.90. The van der Waals surface area contributed by atoms with E-state index >= 15 is 0 Å². The number of hydrogen-bond acceptors (Lipinski definition) is 3. The van der Waals surface area contributed by atoms with Gasteiger partial charge in [-0.3, -0.25) is 0 Å². The first kappa shape index (κ1) is 14.2. The molecule has 1 rings (SSSR count). The summed E-state index contributed by atoms with van der Waals surface area (Å²) in [7, 11) is -3.02. The van der Waals surface area contributed by atoms with Gasteiger partial charge < -0.3 is 5.32 Å². The van der Waals surface area contributed by atoms with E-state index in [4.69, 9.17) is 0 Å². The molecule has 0 radical (unpaired) electrons. The molecule has 0 spiro atoms. The molecule has 0 saturated carbocycles. The summed E-state index contributed by atoms with van der Waals surface area (Å²) in [6, 6.07) is 0.113. The van der Waals surface area contributed by atoms with Gasteiger partial charge in [-0.1, -0.05) is 13.3 Å². The molecular weight excluding hydrogens is 224 g/mol. The van der Waals surface area contributed by atoms with Crippen LogP contribution in [0.3, 0.4) is 0 Å². The smallest absolute Gasteiger partial charge is 0.211 e. The second-order valence-electron chi connectivity index (χ2n) is 3.48. The highest BCUT2D eigenvalue weighted by Crippen LogP contribution is 2.01. The minimum Gasteiger partial charge on any atom is -0.315 e. The highest BCUT2D eigenvalue weighted by molar-refractivity contribution is 7.89. The van der Waals surface area contributed by atoms with Crippen molar-refractivity contribution in [3.63, 3.8) is 0 Å². The minimum absolute atomic E-state index is 0. The molecule has 1 aliphatic rings. The Bertz CT molecular complexity index is 238. The first-order valence-corrected chi connectivity index (χ1v) is 6.50. The first-order valence-electron chi connectivity index (χ1n) is 4.85. The van der Waals surface area contributed by atoms with E-state index in [1.165, 1.54) is 0 Å². The summed E-state index contributed by atoms with van der Waals surface area (Å²) < 4.78 is 25.5. The number of sulfonamides is 1. The lowest BCUT2D eigenvalue weighted by Gasteiger charge is -2.11. The Morgan fingerprint density at radius 3 is 2.71 bits per heavy atom. The van der Waals surface area contributed by atoms with Gasteiger partial charge in [-0.05, 0) is 19.4 Å². The van der Waals surface area contributed by atoms with Crippen LogP contribution in [0.4, 0.5) is 0 Å². The number of nitrogens with one attached hydrogen (secondary N) is 2. The van der Waals surface area contributed by atoms with E-state index in [0.29, 0.717) is 0 Å². The van der Waals surface area contributed by atoms with Gasteiger partial charge in [0.05, 0.1) is 5.75 Å². The molecular formula is C8H19ClN2O2S. The molecule has 1 aliphatic heterocycles. The normalized spacial score (nSPS) is 21.9. The van der Waals surface area contributed by atoms with Crippen LogP contribution < -0.4 is 10.0 Å². The third kappa shape index (κ3) is 5.14. The molecule has 0 aromatic heterocycles. The highest BCUT2D eigenvalue weighted by Gasteiger charge is 2.20. The number of unbranched alkanes of at least 4 members (excludes halogenated alkanes) is 1. The molecule has 6 heteroatoms. The van der Waals surface area contributed by atoms with E-state index in [2.05, 4.69) is 10.0 Å². The van der Waals surface area contributed by atoms with Crippen molar-refractivity contribution in [3.05, 3.63) is 0 Å². The van der Waals surface area contributed by atoms with Crippen LogP contribution in [0.2, 0.25) is 0 Å². The maximum atomic E-state index is 11.4. The Kier molecular flexibility index (Phi) is 6.68. The lowest BCUT2D eigenvalue weighted by atomic mass is 10.3. The Morgan fingerprint density at radius 1 is 1.50 bits per heavy atom. The summed E-state index contributed by atoms with van der Waals surface area (Å²) in [6.45, 7) is 3.68. The largest absolute Gasteiger partial charge is 0.315 e. The maximum absolute atomic E-state index is 11.4. The Labute approximate surface area is 92.3 Å². The monoisotopic (exact) mass is 242 g/mol. The number of hydrogen-bond donors (Lipinski definition) is 2. The Morgan fingerprint density at radius 2 is 2.21 bits per heavy atom. The van der Waals surface area contributed by atoms with Gasteiger partial charge >= 0.3 is 0 Å². The van der Waals surface area contributed by atoms with Crippen LogP contribution >= 0.6 is 12.4 Å². The summed E-state index contributed by atoms with van der Waals surface area (Å²) in [4.78, 5) is 0. The molecule has 1 unspecified atom stereocenters. The van der Waals surface area contributed by atoms with Crippen molar-refractivity contribution in [3.8, 4) is 0 Å². The Hall–Kier alpha value is 0.160. The van der Waals surface area contributed by atoms with E-state index in [-0.39, 0.29) is 24.2 Å². The maximum Gasteiger partial charge on any atom is 0.211 e. The SMILES string of the molecule is CCCCS(=O)(=O)NC1CCNC1.Cl. The van der Waals surface area contributed by atoms with E-state index in [1.807, 2.05) is 6.92 Å². The summed E-state index contributed by atoms with van der Waals surface area (Å²) in [5, 5.41) is 3.12. The molecule has 86 valence electrons. The summed E-state index contributed by atoms with van der Waals surface area (Å²) in [6.07, 6.45) is 2.57. The standard InChI is InChI=1S/C8H18N2O2S.ClH/c1-2-3-6-13(11,12)10-8-4-5-9-7-8;/h8-10H,2-7H2,1H3;1H. The second kappa shape index (κ2) is 6.61. The van der Waals surface area contributed by atoms with Crippen LogP contribution in [0.5, 0.6) is 0 Å².